The zero-order valence-corrected chi connectivity index (χ0v) is 16.6. The Kier molecular flexibility index (Phi) is 7.51. The maximum absolute atomic E-state index is 14.3. The molecule has 0 fully saturated rings. The predicted molar refractivity (Wildman–Crippen MR) is 105 cm³/mol. The molecule has 164 valence electrons. The van der Waals surface area contributed by atoms with Gasteiger partial charge in [0.1, 0.15) is 17.3 Å². The molecule has 1 atom stereocenters. The van der Waals surface area contributed by atoms with Crippen LogP contribution >= 0.6 is 0 Å². The van der Waals surface area contributed by atoms with Crippen LogP contribution in [0, 0.1) is 5.82 Å². The lowest BCUT2D eigenvalue weighted by Crippen LogP contribution is -2.31. The number of carbonyl (C=O) groups is 1. The molecule has 0 unspecified atom stereocenters. The Labute approximate surface area is 175 Å². The summed E-state index contributed by atoms with van der Waals surface area (Å²) in [6.45, 7) is 6.57. The molecule has 0 aliphatic rings. The van der Waals surface area contributed by atoms with Crippen molar-refractivity contribution >= 4 is 5.91 Å². The molecule has 2 aromatic heterocycles. The second kappa shape index (κ2) is 9.88. The molecule has 0 saturated carbocycles. The fourth-order valence-corrected chi connectivity index (χ4v) is 2.42. The van der Waals surface area contributed by atoms with Crippen molar-refractivity contribution < 1.29 is 27.1 Å². The number of allylic oxidation sites excluding steroid dienone is 2. The number of nitrogens with one attached hydrogen (secondary N) is 2. The largest absolute Gasteiger partial charge is 0.573 e. The van der Waals surface area contributed by atoms with E-state index in [1.54, 1.807) is 0 Å². The third kappa shape index (κ3) is 6.95. The van der Waals surface area contributed by atoms with Crippen LogP contribution in [0.5, 0.6) is 0 Å². The van der Waals surface area contributed by atoms with E-state index in [2.05, 4.69) is 26.6 Å². The van der Waals surface area contributed by atoms with E-state index >= 15 is 0 Å². The number of rotatable bonds is 7. The predicted octanol–water partition coefficient (Wildman–Crippen LogP) is 4.32. The summed E-state index contributed by atoms with van der Waals surface area (Å²) in [5.74, 6) is -1.91. The van der Waals surface area contributed by atoms with Crippen molar-refractivity contribution in [2.45, 2.75) is 26.3 Å². The first kappa shape index (κ1) is 23.6. The topological polar surface area (TPSA) is 84.1 Å². The Morgan fingerprint density at radius 2 is 1.97 bits per heavy atom. The molecule has 6 nitrogen and oxygen atoms in total. The van der Waals surface area contributed by atoms with E-state index in [4.69, 9.17) is 0 Å². The van der Waals surface area contributed by atoms with Crippen LogP contribution in [0.1, 0.15) is 35.9 Å². The summed E-state index contributed by atoms with van der Waals surface area (Å²) >= 11 is 0. The van der Waals surface area contributed by atoms with E-state index in [1.807, 2.05) is 0 Å². The number of ether oxygens (including phenoxy) is 1. The third-order valence-electron chi connectivity index (χ3n) is 3.92. The number of pyridine rings is 2. The van der Waals surface area contributed by atoms with Crippen molar-refractivity contribution in [2.24, 2.45) is 0 Å². The van der Waals surface area contributed by atoms with Gasteiger partial charge >= 0.3 is 6.36 Å². The molecule has 1 amide bonds. The molecular formula is C21H19F4N3O3. The highest BCUT2D eigenvalue weighted by Crippen LogP contribution is 2.26. The van der Waals surface area contributed by atoms with Crippen LogP contribution in [0.15, 0.2) is 77.1 Å². The van der Waals surface area contributed by atoms with Gasteiger partial charge in [0.2, 0.25) is 5.56 Å². The Morgan fingerprint density at radius 1 is 1.26 bits per heavy atom. The molecule has 0 aliphatic carbocycles. The van der Waals surface area contributed by atoms with Crippen LogP contribution in [0.4, 0.5) is 17.6 Å². The number of nitrogens with zero attached hydrogens (tertiary/aromatic N) is 1. The van der Waals surface area contributed by atoms with Crippen LogP contribution < -0.4 is 10.9 Å². The molecule has 2 aromatic rings. The van der Waals surface area contributed by atoms with Gasteiger partial charge in [0.25, 0.3) is 5.91 Å². The number of hydrogen-bond donors (Lipinski definition) is 2. The first-order valence-corrected chi connectivity index (χ1v) is 8.88. The van der Waals surface area contributed by atoms with Crippen molar-refractivity contribution in [3.8, 4) is 0 Å². The first-order chi connectivity index (χ1) is 14.5. The van der Waals surface area contributed by atoms with Crippen molar-refractivity contribution in [1.29, 1.82) is 0 Å². The lowest BCUT2D eigenvalue weighted by atomic mass is 10.0. The van der Waals surface area contributed by atoms with E-state index in [-0.39, 0.29) is 22.4 Å². The minimum absolute atomic E-state index is 0.0416. The maximum atomic E-state index is 14.3. The normalized spacial score (nSPS) is 12.3. The van der Waals surface area contributed by atoms with Gasteiger partial charge in [-0.3, -0.25) is 14.6 Å². The molecular weight excluding hydrogens is 418 g/mol. The highest BCUT2D eigenvalue weighted by Gasteiger charge is 2.32. The van der Waals surface area contributed by atoms with Gasteiger partial charge in [-0.1, -0.05) is 12.7 Å². The highest BCUT2D eigenvalue weighted by atomic mass is 19.4. The highest BCUT2D eigenvalue weighted by molar-refractivity contribution is 5.94. The van der Waals surface area contributed by atoms with Gasteiger partial charge in [0.15, 0.2) is 0 Å². The summed E-state index contributed by atoms with van der Waals surface area (Å²) in [7, 11) is 0. The van der Waals surface area contributed by atoms with E-state index in [1.165, 1.54) is 44.4 Å². The Hall–Kier alpha value is -3.69. The average Bonchev–Trinajstić information content (AvgIpc) is 2.69. The molecule has 10 heteroatoms. The van der Waals surface area contributed by atoms with Crippen molar-refractivity contribution in [1.82, 2.24) is 15.3 Å². The van der Waals surface area contributed by atoms with Gasteiger partial charge in [-0.2, -0.15) is 0 Å². The monoisotopic (exact) mass is 437 g/mol. The van der Waals surface area contributed by atoms with Crippen LogP contribution in [-0.4, -0.2) is 22.2 Å². The number of H-pyrrole nitrogens is 1. The average molecular weight is 437 g/mol. The molecule has 0 aromatic carbocycles. The molecule has 0 aliphatic heterocycles. The molecule has 31 heavy (non-hydrogen) atoms. The number of aromatic nitrogens is 2. The molecule has 0 bridgehead atoms. The second-order valence-corrected chi connectivity index (χ2v) is 6.54. The molecule has 0 radical (unpaired) electrons. The van der Waals surface area contributed by atoms with Gasteiger partial charge in [0.05, 0.1) is 11.6 Å². The van der Waals surface area contributed by atoms with Crippen LogP contribution in [0.3, 0.4) is 0 Å². The number of carbonyl (C=O) groups excluding carboxylic acids is 1. The number of halogens is 4. The molecule has 0 saturated heterocycles. The molecule has 2 rings (SSSR count). The fraction of sp³-hybridized carbons (Fsp3) is 0.190. The van der Waals surface area contributed by atoms with E-state index in [9.17, 15) is 27.2 Å². The molecule has 0 spiro atoms. The Bertz CT molecular complexity index is 1060. The number of hydrogen-bond acceptors (Lipinski definition) is 4. The zero-order valence-electron chi connectivity index (χ0n) is 16.6. The smallest absolute Gasteiger partial charge is 0.406 e. The summed E-state index contributed by atoms with van der Waals surface area (Å²) in [4.78, 5) is 30.0. The number of aromatic amines is 1. The lowest BCUT2D eigenvalue weighted by molar-refractivity contribution is -0.303. The van der Waals surface area contributed by atoms with Crippen molar-refractivity contribution in [3.05, 3.63) is 99.7 Å². The van der Waals surface area contributed by atoms with Gasteiger partial charge in [0, 0.05) is 18.5 Å². The lowest BCUT2D eigenvalue weighted by Gasteiger charge is -2.20. The van der Waals surface area contributed by atoms with Crippen molar-refractivity contribution in [3.63, 3.8) is 0 Å². The van der Waals surface area contributed by atoms with Crippen LogP contribution in [0.25, 0.3) is 0 Å². The molecule has 2 heterocycles. The van der Waals surface area contributed by atoms with Gasteiger partial charge < -0.3 is 15.0 Å². The van der Waals surface area contributed by atoms with E-state index in [0.29, 0.717) is 0 Å². The first-order valence-electron chi connectivity index (χ1n) is 8.88. The zero-order chi connectivity index (χ0) is 23.2. The minimum Gasteiger partial charge on any atom is -0.406 e. The summed E-state index contributed by atoms with van der Waals surface area (Å²) in [6.07, 6.45) is -0.252. The fourth-order valence-electron chi connectivity index (χ4n) is 2.42. The standard InChI is InChI=1S/C21H19F4N3O3/c1-12(2)16(31-21(23,24)25)8-6-13(3)18(19-15(22)5-4-10-26-19)28-20(30)14-7-9-17(29)27-11-14/h4-11,18H,3H2,1-2H3,(H,27,29)(H,28,30)/b8-6-/t18-/m0/s1. The SMILES string of the molecule is C=C(/C=C\C(OC(F)(F)F)=C(C)C)[C@H](NC(=O)c1ccc(=O)[nH]c1)c1ncccc1F. The van der Waals surface area contributed by atoms with Crippen LogP contribution in [-0.2, 0) is 4.74 Å². The number of amides is 1. The van der Waals surface area contributed by atoms with Crippen LogP contribution in [0.2, 0.25) is 0 Å². The van der Waals surface area contributed by atoms with Crippen molar-refractivity contribution in [2.75, 3.05) is 0 Å². The quantitative estimate of drug-likeness (QED) is 0.384. The maximum Gasteiger partial charge on any atom is 0.573 e. The van der Waals surface area contributed by atoms with Gasteiger partial charge in [-0.15, -0.1) is 13.2 Å². The van der Waals surface area contributed by atoms with E-state index < -0.39 is 35.4 Å². The summed E-state index contributed by atoms with van der Waals surface area (Å²) in [6, 6.07) is 3.65. The minimum atomic E-state index is -4.90. The van der Waals surface area contributed by atoms with Gasteiger partial charge in [-0.25, -0.2) is 4.39 Å². The second-order valence-electron chi connectivity index (χ2n) is 6.54. The Morgan fingerprint density at radius 3 is 2.52 bits per heavy atom. The summed E-state index contributed by atoms with van der Waals surface area (Å²) in [5.41, 5.74) is -0.261. The third-order valence-corrected chi connectivity index (χ3v) is 3.92. The molecule has 2 N–H and O–H groups in total. The summed E-state index contributed by atoms with van der Waals surface area (Å²) < 4.78 is 56.1. The van der Waals surface area contributed by atoms with Gasteiger partial charge in [-0.05, 0) is 49.3 Å². The number of alkyl halides is 3. The summed E-state index contributed by atoms with van der Waals surface area (Å²) in [5, 5.41) is 2.52. The van der Waals surface area contributed by atoms with E-state index in [0.717, 1.165) is 18.2 Å². The Balaban J connectivity index is 2.36.